The van der Waals surface area contributed by atoms with Gasteiger partial charge in [-0.05, 0) is 58.7 Å². The molecule has 0 aliphatic heterocycles. The molecule has 0 atom stereocenters. The number of amides is 1. The third-order valence-corrected chi connectivity index (χ3v) is 3.27. The van der Waals surface area contributed by atoms with Gasteiger partial charge in [0.15, 0.2) is 0 Å². The van der Waals surface area contributed by atoms with Crippen molar-refractivity contribution in [2.45, 2.75) is 6.92 Å². The number of nitrogens with one attached hydrogen (secondary N) is 1. The third-order valence-electron chi connectivity index (χ3n) is 2.61. The Kier molecular flexibility index (Phi) is 3.95. The molecule has 1 N–H and O–H groups in total. The fourth-order valence-corrected chi connectivity index (χ4v) is 2.15. The van der Waals surface area contributed by atoms with E-state index in [0.29, 0.717) is 15.7 Å². The monoisotopic (exact) mass is 325 g/mol. The molecule has 0 aliphatic carbocycles. The van der Waals surface area contributed by atoms with Crippen LogP contribution in [0.15, 0.2) is 40.9 Å². The molecular formula is C14H10BrF2NO. The number of carbonyl (C=O) groups excluding carboxylic acids is 1. The first-order valence-corrected chi connectivity index (χ1v) is 6.30. The average Bonchev–Trinajstić information content (AvgIpc) is 2.33. The van der Waals surface area contributed by atoms with Crippen LogP contribution in [0.25, 0.3) is 0 Å². The van der Waals surface area contributed by atoms with Crippen LogP contribution in [0.2, 0.25) is 0 Å². The summed E-state index contributed by atoms with van der Waals surface area (Å²) in [5.41, 5.74) is 0.744. The molecule has 2 rings (SSSR count). The smallest absolute Gasteiger partial charge is 0.259 e. The predicted molar refractivity (Wildman–Crippen MR) is 73.2 cm³/mol. The van der Waals surface area contributed by atoms with Crippen molar-refractivity contribution >= 4 is 27.5 Å². The normalized spacial score (nSPS) is 10.3. The molecule has 0 spiro atoms. The summed E-state index contributed by atoms with van der Waals surface area (Å²) in [6.45, 7) is 1.59. The van der Waals surface area contributed by atoms with Crippen molar-refractivity contribution < 1.29 is 13.6 Å². The summed E-state index contributed by atoms with van der Waals surface area (Å²) in [7, 11) is 0. The first kappa shape index (κ1) is 13.7. The number of benzene rings is 2. The summed E-state index contributed by atoms with van der Waals surface area (Å²) in [4.78, 5) is 12.0. The standard InChI is InChI=1S/C14H10BrF2NO/c1-8-7-9(5-6-11(8)16)18-14(19)13-10(15)3-2-4-12(13)17/h2-7H,1H3,(H,18,19). The largest absolute Gasteiger partial charge is 0.322 e. The summed E-state index contributed by atoms with van der Waals surface area (Å²) in [5, 5.41) is 2.53. The van der Waals surface area contributed by atoms with Crippen LogP contribution in [-0.2, 0) is 0 Å². The van der Waals surface area contributed by atoms with E-state index in [1.165, 1.54) is 30.3 Å². The first-order valence-electron chi connectivity index (χ1n) is 5.50. The Morgan fingerprint density at radius 2 is 1.89 bits per heavy atom. The van der Waals surface area contributed by atoms with Gasteiger partial charge in [0.1, 0.15) is 11.6 Å². The molecule has 0 aliphatic rings. The number of rotatable bonds is 2. The van der Waals surface area contributed by atoms with Gasteiger partial charge in [-0.1, -0.05) is 6.07 Å². The maximum absolute atomic E-state index is 13.6. The Balaban J connectivity index is 2.28. The number of hydrogen-bond donors (Lipinski definition) is 1. The highest BCUT2D eigenvalue weighted by atomic mass is 79.9. The highest BCUT2D eigenvalue weighted by molar-refractivity contribution is 9.10. The highest BCUT2D eigenvalue weighted by Gasteiger charge is 2.15. The molecule has 0 heterocycles. The molecule has 0 saturated carbocycles. The van der Waals surface area contributed by atoms with Crippen LogP contribution in [-0.4, -0.2) is 5.91 Å². The zero-order valence-corrected chi connectivity index (χ0v) is 11.6. The topological polar surface area (TPSA) is 29.1 Å². The van der Waals surface area contributed by atoms with Gasteiger partial charge in [-0.15, -0.1) is 0 Å². The molecule has 0 radical (unpaired) electrons. The molecule has 0 unspecified atom stereocenters. The molecule has 2 aromatic carbocycles. The summed E-state index contributed by atoms with van der Waals surface area (Å²) in [6.07, 6.45) is 0. The van der Waals surface area contributed by atoms with Crippen LogP contribution < -0.4 is 5.32 Å². The van der Waals surface area contributed by atoms with Crippen molar-refractivity contribution in [1.29, 1.82) is 0 Å². The van der Waals surface area contributed by atoms with Crippen molar-refractivity contribution in [2.24, 2.45) is 0 Å². The van der Waals surface area contributed by atoms with Crippen LogP contribution in [0.5, 0.6) is 0 Å². The maximum Gasteiger partial charge on any atom is 0.259 e. The predicted octanol–water partition coefficient (Wildman–Crippen LogP) is 4.29. The van der Waals surface area contributed by atoms with Crippen molar-refractivity contribution in [3.63, 3.8) is 0 Å². The second-order valence-corrected chi connectivity index (χ2v) is 4.87. The Labute approximate surface area is 117 Å². The van der Waals surface area contributed by atoms with Crippen molar-refractivity contribution in [3.8, 4) is 0 Å². The average molecular weight is 326 g/mol. The summed E-state index contributed by atoms with van der Waals surface area (Å²) in [6, 6.07) is 8.44. The van der Waals surface area contributed by atoms with E-state index in [9.17, 15) is 13.6 Å². The van der Waals surface area contributed by atoms with Gasteiger partial charge in [-0.3, -0.25) is 4.79 Å². The second-order valence-electron chi connectivity index (χ2n) is 4.01. The van der Waals surface area contributed by atoms with Gasteiger partial charge in [-0.2, -0.15) is 0 Å². The molecule has 0 aromatic heterocycles. The fourth-order valence-electron chi connectivity index (χ4n) is 1.63. The lowest BCUT2D eigenvalue weighted by atomic mass is 10.1. The van der Waals surface area contributed by atoms with Gasteiger partial charge in [0.25, 0.3) is 5.91 Å². The minimum Gasteiger partial charge on any atom is -0.322 e. The molecule has 19 heavy (non-hydrogen) atoms. The molecule has 0 saturated heterocycles. The molecule has 1 amide bonds. The molecule has 0 fully saturated rings. The molecule has 0 bridgehead atoms. The van der Waals surface area contributed by atoms with E-state index >= 15 is 0 Å². The third kappa shape index (κ3) is 2.98. The summed E-state index contributed by atoms with van der Waals surface area (Å²) >= 11 is 3.13. The lowest BCUT2D eigenvalue weighted by Gasteiger charge is -2.08. The van der Waals surface area contributed by atoms with Crippen LogP contribution in [0.4, 0.5) is 14.5 Å². The molecule has 2 nitrogen and oxygen atoms in total. The van der Waals surface area contributed by atoms with Gasteiger partial charge in [0.05, 0.1) is 5.56 Å². The number of halogens is 3. The van der Waals surface area contributed by atoms with Gasteiger partial charge in [0.2, 0.25) is 0 Å². The second kappa shape index (κ2) is 5.48. The Morgan fingerprint density at radius 3 is 2.53 bits per heavy atom. The minimum atomic E-state index is -0.620. The molecular weight excluding hydrogens is 316 g/mol. The molecule has 5 heteroatoms. The van der Waals surface area contributed by atoms with Gasteiger partial charge >= 0.3 is 0 Å². The van der Waals surface area contributed by atoms with E-state index < -0.39 is 11.7 Å². The summed E-state index contributed by atoms with van der Waals surface area (Å²) < 4.78 is 27.1. The van der Waals surface area contributed by atoms with Crippen molar-refractivity contribution in [3.05, 3.63) is 63.6 Å². The van der Waals surface area contributed by atoms with Crippen LogP contribution in [0.1, 0.15) is 15.9 Å². The Morgan fingerprint density at radius 1 is 1.16 bits per heavy atom. The van der Waals surface area contributed by atoms with E-state index in [2.05, 4.69) is 21.2 Å². The van der Waals surface area contributed by atoms with Crippen LogP contribution in [0.3, 0.4) is 0 Å². The van der Waals surface area contributed by atoms with Crippen molar-refractivity contribution in [1.82, 2.24) is 0 Å². The maximum atomic E-state index is 13.6. The zero-order valence-electron chi connectivity index (χ0n) is 10.0. The van der Waals surface area contributed by atoms with E-state index in [1.807, 2.05) is 0 Å². The number of anilines is 1. The number of carbonyl (C=O) groups is 1. The van der Waals surface area contributed by atoms with Gasteiger partial charge in [0, 0.05) is 10.2 Å². The first-order chi connectivity index (χ1) is 8.99. The highest BCUT2D eigenvalue weighted by Crippen LogP contribution is 2.21. The Bertz CT molecular complexity index is 623. The van der Waals surface area contributed by atoms with Gasteiger partial charge in [-0.25, -0.2) is 8.78 Å². The van der Waals surface area contributed by atoms with E-state index in [4.69, 9.17) is 0 Å². The van der Waals surface area contributed by atoms with Crippen LogP contribution in [0, 0.1) is 18.6 Å². The van der Waals surface area contributed by atoms with E-state index in [1.54, 1.807) is 13.0 Å². The van der Waals surface area contributed by atoms with Crippen LogP contribution >= 0.6 is 15.9 Å². The lowest BCUT2D eigenvalue weighted by molar-refractivity contribution is 0.102. The number of aryl methyl sites for hydroxylation is 1. The molecule has 98 valence electrons. The van der Waals surface area contributed by atoms with E-state index in [0.717, 1.165) is 0 Å². The zero-order chi connectivity index (χ0) is 14.0. The van der Waals surface area contributed by atoms with Crippen molar-refractivity contribution in [2.75, 3.05) is 5.32 Å². The SMILES string of the molecule is Cc1cc(NC(=O)c2c(F)cccc2Br)ccc1F. The van der Waals surface area contributed by atoms with Gasteiger partial charge < -0.3 is 5.32 Å². The minimum absolute atomic E-state index is 0.0792. The summed E-state index contributed by atoms with van der Waals surface area (Å²) in [5.74, 6) is -1.56. The lowest BCUT2D eigenvalue weighted by Crippen LogP contribution is -2.14. The number of hydrogen-bond acceptors (Lipinski definition) is 1. The Hall–Kier alpha value is -1.75. The quantitative estimate of drug-likeness (QED) is 0.876. The fraction of sp³-hybridized carbons (Fsp3) is 0.0714. The molecule has 2 aromatic rings. The van der Waals surface area contributed by atoms with E-state index in [-0.39, 0.29) is 11.4 Å².